The second-order valence-corrected chi connectivity index (χ2v) is 4.59. The molecular weight excluding hydrogens is 281 g/mol. The normalized spacial score (nSPS) is 12.0. The Hall–Kier alpha value is -2.50. The molecule has 6 heteroatoms. The van der Waals surface area contributed by atoms with Crippen molar-refractivity contribution in [2.45, 2.75) is 13.0 Å². The lowest BCUT2D eigenvalue weighted by molar-refractivity contribution is 0.0940. The van der Waals surface area contributed by atoms with E-state index in [4.69, 9.17) is 5.73 Å². The summed E-state index contributed by atoms with van der Waals surface area (Å²) in [5, 5.41) is 2.49. The van der Waals surface area contributed by atoms with Gasteiger partial charge < -0.3 is 11.1 Å². The van der Waals surface area contributed by atoms with Crippen molar-refractivity contribution in [2.24, 2.45) is 0 Å². The number of nitrogens with two attached hydrogens (primary N) is 1. The van der Waals surface area contributed by atoms with Gasteiger partial charge in [-0.15, -0.1) is 0 Å². The summed E-state index contributed by atoms with van der Waals surface area (Å²) in [6.45, 7) is 1.53. The summed E-state index contributed by atoms with van der Waals surface area (Å²) in [5.41, 5.74) is 5.80. The molecule has 110 valence electrons. The first-order valence-electron chi connectivity index (χ1n) is 6.19. The van der Waals surface area contributed by atoms with Crippen molar-refractivity contribution >= 4 is 11.6 Å². The number of halogens is 3. The lowest BCUT2D eigenvalue weighted by Crippen LogP contribution is -2.28. The second-order valence-electron chi connectivity index (χ2n) is 4.59. The Morgan fingerprint density at radius 2 is 1.71 bits per heavy atom. The van der Waals surface area contributed by atoms with Crippen LogP contribution in [-0.4, -0.2) is 5.91 Å². The molecule has 0 aromatic heterocycles. The fourth-order valence-corrected chi connectivity index (χ4v) is 1.93. The van der Waals surface area contributed by atoms with E-state index in [2.05, 4.69) is 5.32 Å². The quantitative estimate of drug-likeness (QED) is 0.854. The van der Waals surface area contributed by atoms with Gasteiger partial charge in [0.2, 0.25) is 0 Å². The predicted molar refractivity (Wildman–Crippen MR) is 73.1 cm³/mol. The third-order valence-corrected chi connectivity index (χ3v) is 3.04. The molecule has 1 atom stereocenters. The zero-order valence-electron chi connectivity index (χ0n) is 11.2. The number of carbonyl (C=O) groups excluding carboxylic acids is 1. The average Bonchev–Trinajstić information content (AvgIpc) is 2.41. The molecule has 0 spiro atoms. The number of rotatable bonds is 3. The third kappa shape index (κ3) is 3.34. The maximum atomic E-state index is 13.6. The number of amides is 1. The maximum absolute atomic E-state index is 13.6. The molecule has 1 unspecified atom stereocenters. The summed E-state index contributed by atoms with van der Waals surface area (Å²) in [7, 11) is 0. The summed E-state index contributed by atoms with van der Waals surface area (Å²) in [6.07, 6.45) is 0. The number of nitrogen functional groups attached to an aromatic ring is 1. The van der Waals surface area contributed by atoms with Crippen molar-refractivity contribution < 1.29 is 18.0 Å². The topological polar surface area (TPSA) is 55.1 Å². The van der Waals surface area contributed by atoms with E-state index in [1.54, 1.807) is 0 Å². The van der Waals surface area contributed by atoms with Crippen molar-refractivity contribution in [1.29, 1.82) is 0 Å². The van der Waals surface area contributed by atoms with Gasteiger partial charge in [-0.3, -0.25) is 4.79 Å². The lowest BCUT2D eigenvalue weighted by Gasteiger charge is -2.16. The zero-order chi connectivity index (χ0) is 15.6. The van der Waals surface area contributed by atoms with Gasteiger partial charge in [0, 0.05) is 17.3 Å². The van der Waals surface area contributed by atoms with Crippen LogP contribution in [0.1, 0.15) is 28.9 Å². The minimum atomic E-state index is -0.769. The summed E-state index contributed by atoms with van der Waals surface area (Å²) in [6, 6.07) is 5.75. The summed E-state index contributed by atoms with van der Waals surface area (Å²) in [4.78, 5) is 12.0. The Balaban J connectivity index is 2.20. The molecule has 0 bridgehead atoms. The van der Waals surface area contributed by atoms with Crippen LogP contribution in [0.5, 0.6) is 0 Å². The van der Waals surface area contributed by atoms with E-state index in [9.17, 15) is 18.0 Å². The maximum Gasteiger partial charge on any atom is 0.253 e. The Kier molecular flexibility index (Phi) is 4.16. The van der Waals surface area contributed by atoms with Crippen LogP contribution in [0.25, 0.3) is 0 Å². The Morgan fingerprint density at radius 1 is 1.10 bits per heavy atom. The van der Waals surface area contributed by atoms with Gasteiger partial charge in [0.05, 0.1) is 11.6 Å². The molecule has 1 amide bonds. The molecule has 0 aliphatic heterocycles. The monoisotopic (exact) mass is 294 g/mol. The SMILES string of the molecule is CC(NC(=O)c1cc(F)ccc1N)c1ccc(F)cc1F. The molecular formula is C15H13F3N2O. The molecule has 0 heterocycles. The lowest BCUT2D eigenvalue weighted by atomic mass is 10.1. The van der Waals surface area contributed by atoms with Crippen molar-refractivity contribution in [2.75, 3.05) is 5.73 Å². The highest BCUT2D eigenvalue weighted by molar-refractivity contribution is 5.99. The number of hydrogen-bond acceptors (Lipinski definition) is 2. The molecule has 2 aromatic carbocycles. The van der Waals surface area contributed by atoms with Crippen molar-refractivity contribution in [3.8, 4) is 0 Å². The van der Waals surface area contributed by atoms with E-state index in [0.717, 1.165) is 24.3 Å². The van der Waals surface area contributed by atoms with Gasteiger partial charge in [-0.25, -0.2) is 13.2 Å². The van der Waals surface area contributed by atoms with Crippen LogP contribution >= 0.6 is 0 Å². The first-order chi connectivity index (χ1) is 9.88. The molecule has 21 heavy (non-hydrogen) atoms. The Labute approximate surface area is 119 Å². The molecule has 3 nitrogen and oxygen atoms in total. The molecule has 3 N–H and O–H groups in total. The van der Waals surface area contributed by atoms with E-state index in [1.165, 1.54) is 19.1 Å². The average molecular weight is 294 g/mol. The van der Waals surface area contributed by atoms with Gasteiger partial charge in [-0.2, -0.15) is 0 Å². The van der Waals surface area contributed by atoms with Crippen LogP contribution < -0.4 is 11.1 Å². The number of anilines is 1. The van der Waals surface area contributed by atoms with Crippen LogP contribution in [0.4, 0.5) is 18.9 Å². The number of benzene rings is 2. The second kappa shape index (κ2) is 5.87. The summed E-state index contributed by atoms with van der Waals surface area (Å²) < 4.78 is 39.6. The van der Waals surface area contributed by atoms with E-state index in [1.807, 2.05) is 0 Å². The van der Waals surface area contributed by atoms with Gasteiger partial charge in [0.25, 0.3) is 5.91 Å². The molecule has 0 fully saturated rings. The molecule has 2 aromatic rings. The summed E-state index contributed by atoms with van der Waals surface area (Å²) in [5.74, 6) is -2.71. The summed E-state index contributed by atoms with van der Waals surface area (Å²) >= 11 is 0. The minimum Gasteiger partial charge on any atom is -0.398 e. The standard InChI is InChI=1S/C15H13F3N2O/c1-8(11-4-2-10(17)7-13(11)18)20-15(21)12-6-9(16)3-5-14(12)19/h2-8H,19H2,1H3,(H,20,21). The van der Waals surface area contributed by atoms with Crippen molar-refractivity contribution in [1.82, 2.24) is 5.32 Å². The first kappa shape index (κ1) is 14.9. The highest BCUT2D eigenvalue weighted by Gasteiger charge is 2.17. The molecule has 0 aliphatic carbocycles. The van der Waals surface area contributed by atoms with E-state index in [-0.39, 0.29) is 16.8 Å². The van der Waals surface area contributed by atoms with Crippen LogP contribution in [0.15, 0.2) is 36.4 Å². The van der Waals surface area contributed by atoms with Gasteiger partial charge in [0.1, 0.15) is 17.5 Å². The molecule has 0 radical (unpaired) electrons. The van der Waals surface area contributed by atoms with Crippen molar-refractivity contribution in [3.05, 3.63) is 65.0 Å². The molecule has 2 rings (SSSR count). The van der Waals surface area contributed by atoms with Gasteiger partial charge in [-0.05, 0) is 31.2 Å². The molecule has 0 aliphatic rings. The Bertz CT molecular complexity index is 689. The smallest absolute Gasteiger partial charge is 0.253 e. The number of carbonyl (C=O) groups is 1. The van der Waals surface area contributed by atoms with Gasteiger partial charge in [0.15, 0.2) is 0 Å². The first-order valence-corrected chi connectivity index (χ1v) is 6.19. The fourth-order valence-electron chi connectivity index (χ4n) is 1.93. The van der Waals surface area contributed by atoms with Crippen LogP contribution in [0.2, 0.25) is 0 Å². The Morgan fingerprint density at radius 3 is 2.38 bits per heavy atom. The molecule has 0 saturated carbocycles. The third-order valence-electron chi connectivity index (χ3n) is 3.04. The van der Waals surface area contributed by atoms with Gasteiger partial charge >= 0.3 is 0 Å². The van der Waals surface area contributed by atoms with Gasteiger partial charge in [-0.1, -0.05) is 6.07 Å². The van der Waals surface area contributed by atoms with E-state index < -0.39 is 29.4 Å². The number of hydrogen-bond donors (Lipinski definition) is 2. The highest BCUT2D eigenvalue weighted by Crippen LogP contribution is 2.19. The van der Waals surface area contributed by atoms with E-state index >= 15 is 0 Å². The van der Waals surface area contributed by atoms with Crippen LogP contribution in [0.3, 0.4) is 0 Å². The minimum absolute atomic E-state index is 0.0376. The zero-order valence-corrected chi connectivity index (χ0v) is 11.2. The van der Waals surface area contributed by atoms with Crippen LogP contribution in [-0.2, 0) is 0 Å². The van der Waals surface area contributed by atoms with Crippen LogP contribution in [0, 0.1) is 17.5 Å². The molecule has 0 saturated heterocycles. The fraction of sp³-hybridized carbons (Fsp3) is 0.133. The van der Waals surface area contributed by atoms with E-state index in [0.29, 0.717) is 0 Å². The largest absolute Gasteiger partial charge is 0.398 e. The number of nitrogens with one attached hydrogen (secondary N) is 1. The van der Waals surface area contributed by atoms with Crippen molar-refractivity contribution in [3.63, 3.8) is 0 Å². The highest BCUT2D eigenvalue weighted by atomic mass is 19.1. The predicted octanol–water partition coefficient (Wildman–Crippen LogP) is 3.18.